The van der Waals surface area contributed by atoms with Crippen LogP contribution < -0.4 is 16.1 Å². The van der Waals surface area contributed by atoms with Gasteiger partial charge in [0.25, 0.3) is 5.91 Å². The predicted molar refractivity (Wildman–Crippen MR) is 125 cm³/mol. The Kier molecular flexibility index (Phi) is 7.13. The number of carbonyl (C=O) groups is 3. The number of carbonyl (C=O) groups excluding carboxylic acids is 3. The zero-order valence-electron chi connectivity index (χ0n) is 17.8. The molecule has 4 rings (SSSR count). The number of hydrogen-bond donors (Lipinski definition) is 3. The van der Waals surface area contributed by atoms with E-state index in [1.807, 2.05) is 0 Å². The Morgan fingerprint density at radius 3 is 2.34 bits per heavy atom. The molecule has 0 spiro atoms. The highest BCUT2D eigenvalue weighted by atomic mass is 35.5. The van der Waals surface area contributed by atoms with Crippen LogP contribution in [0.2, 0.25) is 5.02 Å². The second kappa shape index (κ2) is 10.0. The normalized spacial score (nSPS) is 19.8. The second-order valence-electron chi connectivity index (χ2n) is 8.18. The van der Waals surface area contributed by atoms with E-state index in [4.69, 9.17) is 16.4 Å². The molecule has 1 fully saturated rings. The summed E-state index contributed by atoms with van der Waals surface area (Å²) in [7, 11) is 1.38. The van der Waals surface area contributed by atoms with Crippen molar-refractivity contribution in [3.63, 3.8) is 0 Å². The van der Waals surface area contributed by atoms with Crippen molar-refractivity contribution < 1.29 is 19.2 Å². The molecule has 1 saturated carbocycles. The molecular formula is C23H26ClN3O4S. The lowest BCUT2D eigenvalue weighted by atomic mass is 9.78. The molecule has 2 aromatic rings. The number of halogens is 1. The minimum absolute atomic E-state index is 0.221. The first-order valence-electron chi connectivity index (χ1n) is 10.8. The lowest BCUT2D eigenvalue weighted by Gasteiger charge is -2.29. The third kappa shape index (κ3) is 4.82. The first kappa shape index (κ1) is 22.8. The Morgan fingerprint density at radius 1 is 0.969 bits per heavy atom. The van der Waals surface area contributed by atoms with Crippen LogP contribution in [0.4, 0.5) is 10.7 Å². The number of aryl methyl sites for hydroxylation is 1. The second-order valence-corrected chi connectivity index (χ2v) is 9.72. The van der Waals surface area contributed by atoms with Crippen molar-refractivity contribution in [1.29, 1.82) is 0 Å². The van der Waals surface area contributed by atoms with Crippen LogP contribution in [0.3, 0.4) is 0 Å². The van der Waals surface area contributed by atoms with Crippen molar-refractivity contribution in [2.75, 3.05) is 17.7 Å². The summed E-state index contributed by atoms with van der Waals surface area (Å²) in [6.07, 6.45) is 5.77. The molecule has 1 aromatic carbocycles. The maximum Gasteiger partial charge on any atom is 0.258 e. The highest BCUT2D eigenvalue weighted by molar-refractivity contribution is 7.17. The molecule has 7 nitrogen and oxygen atoms in total. The van der Waals surface area contributed by atoms with Gasteiger partial charge in [-0.25, -0.2) is 5.48 Å². The number of nitrogens with one attached hydrogen (secondary N) is 3. The van der Waals surface area contributed by atoms with E-state index >= 15 is 0 Å². The van der Waals surface area contributed by atoms with Crippen LogP contribution in [0.15, 0.2) is 24.3 Å². The first-order valence-corrected chi connectivity index (χ1v) is 12.0. The van der Waals surface area contributed by atoms with Crippen LogP contribution in [-0.4, -0.2) is 24.8 Å². The largest absolute Gasteiger partial charge is 0.322 e. The molecule has 1 aromatic heterocycles. The first-order chi connectivity index (χ1) is 15.5. The third-order valence-electron chi connectivity index (χ3n) is 6.13. The van der Waals surface area contributed by atoms with Crippen molar-refractivity contribution in [3.05, 3.63) is 45.3 Å². The zero-order chi connectivity index (χ0) is 22.7. The van der Waals surface area contributed by atoms with Crippen LogP contribution >= 0.6 is 22.9 Å². The Bertz CT molecular complexity index is 1020. The summed E-state index contributed by atoms with van der Waals surface area (Å²) in [6, 6.07) is 6.91. The summed E-state index contributed by atoms with van der Waals surface area (Å²) in [5.41, 5.74) is 4.54. The molecule has 2 unspecified atom stereocenters. The summed E-state index contributed by atoms with van der Waals surface area (Å²) in [5.74, 6) is -1.65. The number of hydrogen-bond acceptors (Lipinski definition) is 5. The number of rotatable bonds is 6. The van der Waals surface area contributed by atoms with E-state index in [9.17, 15) is 14.4 Å². The smallest absolute Gasteiger partial charge is 0.258 e. The highest BCUT2D eigenvalue weighted by Crippen LogP contribution is 2.40. The Morgan fingerprint density at radius 2 is 1.66 bits per heavy atom. The van der Waals surface area contributed by atoms with Crippen LogP contribution in [0.5, 0.6) is 0 Å². The van der Waals surface area contributed by atoms with Crippen LogP contribution in [0, 0.1) is 11.8 Å². The van der Waals surface area contributed by atoms with Gasteiger partial charge in [-0.1, -0.05) is 24.4 Å². The summed E-state index contributed by atoms with van der Waals surface area (Å²) in [4.78, 5) is 44.7. The van der Waals surface area contributed by atoms with Crippen LogP contribution in [0.1, 0.15) is 52.9 Å². The van der Waals surface area contributed by atoms with Gasteiger partial charge in [0.15, 0.2) is 0 Å². The number of thiophene rings is 1. The molecule has 3 N–H and O–H groups in total. The summed E-state index contributed by atoms with van der Waals surface area (Å²) >= 11 is 7.40. The van der Waals surface area contributed by atoms with Gasteiger partial charge in [0.1, 0.15) is 5.00 Å². The maximum absolute atomic E-state index is 13.2. The van der Waals surface area contributed by atoms with Gasteiger partial charge in [-0.15, -0.1) is 11.3 Å². The Hall–Kier alpha value is -2.42. The van der Waals surface area contributed by atoms with Crippen LogP contribution in [0.25, 0.3) is 0 Å². The van der Waals surface area contributed by atoms with Crippen molar-refractivity contribution in [2.45, 2.75) is 44.9 Å². The predicted octanol–water partition coefficient (Wildman–Crippen LogP) is 4.57. The molecule has 170 valence electrons. The molecule has 0 bridgehead atoms. The fourth-order valence-electron chi connectivity index (χ4n) is 4.60. The lowest BCUT2D eigenvalue weighted by molar-refractivity contribution is -0.142. The summed E-state index contributed by atoms with van der Waals surface area (Å²) < 4.78 is 0. The topological polar surface area (TPSA) is 96.5 Å². The molecule has 2 atom stereocenters. The zero-order valence-corrected chi connectivity index (χ0v) is 19.4. The summed E-state index contributed by atoms with van der Waals surface area (Å²) in [5, 5.41) is 7.05. The molecule has 1 heterocycles. The Balaban J connectivity index is 1.56. The summed E-state index contributed by atoms with van der Waals surface area (Å²) in [6.45, 7) is 0. The third-order valence-corrected chi connectivity index (χ3v) is 7.59. The number of hydroxylamine groups is 1. The molecule has 0 radical (unpaired) electrons. The van der Waals surface area contributed by atoms with Crippen molar-refractivity contribution in [1.82, 2.24) is 5.48 Å². The van der Waals surface area contributed by atoms with E-state index in [0.717, 1.165) is 42.5 Å². The van der Waals surface area contributed by atoms with Crippen molar-refractivity contribution in [3.8, 4) is 0 Å². The highest BCUT2D eigenvalue weighted by Gasteiger charge is 2.37. The van der Waals surface area contributed by atoms with Crippen molar-refractivity contribution >= 4 is 51.3 Å². The average Bonchev–Trinajstić information content (AvgIpc) is 3.36. The van der Waals surface area contributed by atoms with Crippen LogP contribution in [-0.2, 0) is 27.3 Å². The Labute approximate surface area is 195 Å². The molecule has 0 aliphatic heterocycles. The minimum atomic E-state index is -0.456. The maximum atomic E-state index is 13.2. The van der Waals surface area contributed by atoms with E-state index in [0.29, 0.717) is 34.1 Å². The fraction of sp³-hybridized carbons (Fsp3) is 0.435. The van der Waals surface area contributed by atoms with E-state index in [1.165, 1.54) is 18.4 Å². The SMILES string of the molecule is CONC(=O)C1CCCCC1C(=O)Nc1sc2c(c1C(=O)Nc1ccc(Cl)cc1)CCC2. The lowest BCUT2D eigenvalue weighted by Crippen LogP contribution is -2.41. The van der Waals surface area contributed by atoms with Crippen molar-refractivity contribution in [2.24, 2.45) is 11.8 Å². The van der Waals surface area contributed by atoms with Gasteiger partial charge in [0.2, 0.25) is 11.8 Å². The average molecular weight is 476 g/mol. The number of anilines is 2. The molecule has 2 aliphatic rings. The molecule has 32 heavy (non-hydrogen) atoms. The van der Waals surface area contributed by atoms with E-state index in [1.54, 1.807) is 24.3 Å². The van der Waals surface area contributed by atoms with Gasteiger partial charge >= 0.3 is 0 Å². The van der Waals surface area contributed by atoms with Gasteiger partial charge in [-0.2, -0.15) is 0 Å². The van der Waals surface area contributed by atoms with Gasteiger partial charge < -0.3 is 10.6 Å². The number of amides is 3. The minimum Gasteiger partial charge on any atom is -0.322 e. The fourth-order valence-corrected chi connectivity index (χ4v) is 6.01. The number of fused-ring (bicyclic) bond motifs is 1. The molecular weight excluding hydrogens is 450 g/mol. The molecule has 9 heteroatoms. The monoisotopic (exact) mass is 475 g/mol. The number of benzene rings is 1. The van der Waals surface area contributed by atoms with Gasteiger partial charge in [0, 0.05) is 21.5 Å². The van der Waals surface area contributed by atoms with Gasteiger partial charge in [0.05, 0.1) is 18.6 Å². The van der Waals surface area contributed by atoms with Gasteiger partial charge in [-0.05, 0) is 61.9 Å². The molecule has 2 aliphatic carbocycles. The van der Waals surface area contributed by atoms with E-state index in [2.05, 4.69) is 16.1 Å². The standard InChI is InChI=1S/C23H26ClN3O4S/c1-31-27-21(29)16-6-3-2-5-15(16)20(28)26-23-19(17-7-4-8-18(17)32-23)22(30)25-14-11-9-13(24)10-12-14/h9-12,15-16H,2-8H2,1H3,(H,25,30)(H,26,28)(H,27,29). The molecule has 0 saturated heterocycles. The van der Waals surface area contributed by atoms with Gasteiger partial charge in [-0.3, -0.25) is 19.2 Å². The van der Waals surface area contributed by atoms with E-state index < -0.39 is 11.8 Å². The molecule has 3 amide bonds. The van der Waals surface area contributed by atoms with E-state index in [-0.39, 0.29) is 17.7 Å². The quantitative estimate of drug-likeness (QED) is 0.533.